The topological polar surface area (TPSA) is 237 Å². The van der Waals surface area contributed by atoms with E-state index >= 15 is 0 Å². The molecule has 0 saturated heterocycles. The lowest BCUT2D eigenvalue weighted by atomic mass is 10.0. The predicted octanol–water partition coefficient (Wildman–Crippen LogP) is 23.0. The summed E-state index contributed by atoms with van der Waals surface area (Å²) in [7, 11) is -9.97. The third kappa shape index (κ3) is 72.6. The highest BCUT2D eigenvalue weighted by Gasteiger charge is 2.30. The molecule has 19 heteroatoms. The SMILES string of the molecule is CCCCC/C=C\C/C=C\C/C=C\C/C=C\CCCC(=O)O[C@H](COC(=O)CCCCCCCCCCCCCCC)COP(=O)(O)OC[C@H](O)COP(=O)(O)OC[C@@H](COC(=O)CCCCCCC/C=C\C/C=C\CCCCC)OC(=O)CCCCCCC/C=C\CCCCCCCC. The van der Waals surface area contributed by atoms with Gasteiger partial charge in [-0.2, -0.15) is 0 Å². The number of ether oxygens (including phenoxy) is 4. The van der Waals surface area contributed by atoms with E-state index in [1.54, 1.807) is 0 Å². The lowest BCUT2D eigenvalue weighted by Crippen LogP contribution is -2.30. The van der Waals surface area contributed by atoms with Crippen LogP contribution in [0.2, 0.25) is 0 Å². The van der Waals surface area contributed by atoms with Gasteiger partial charge in [0.05, 0.1) is 26.4 Å². The first kappa shape index (κ1) is 96.2. The van der Waals surface area contributed by atoms with Crippen LogP contribution in [0.3, 0.4) is 0 Å². The van der Waals surface area contributed by atoms with Gasteiger partial charge >= 0.3 is 39.5 Å². The molecule has 0 aliphatic carbocycles. The maximum Gasteiger partial charge on any atom is 0.472 e. The van der Waals surface area contributed by atoms with Crippen LogP contribution in [-0.4, -0.2) is 96.7 Å². The number of phosphoric acid groups is 2. The molecule has 0 heterocycles. The summed E-state index contributed by atoms with van der Waals surface area (Å²) in [6.45, 7) is 4.77. The number of aliphatic hydroxyl groups excluding tert-OH is 1. The number of unbranched alkanes of at least 4 members (excludes halogenated alkanes) is 35. The molecule has 2 unspecified atom stereocenters. The van der Waals surface area contributed by atoms with Gasteiger partial charge in [-0.1, -0.05) is 286 Å². The third-order valence-corrected chi connectivity index (χ3v) is 18.7. The third-order valence-electron chi connectivity index (χ3n) is 16.8. The van der Waals surface area contributed by atoms with E-state index in [1.165, 1.54) is 135 Å². The Hall–Kier alpha value is -3.76. The molecule has 0 aromatic rings. The fourth-order valence-corrected chi connectivity index (χ4v) is 12.3. The molecule has 0 bridgehead atoms. The summed E-state index contributed by atoms with van der Waals surface area (Å²) >= 11 is 0. The fraction of sp³-hybridized carbons (Fsp3) is 0.778. The van der Waals surface area contributed by atoms with Gasteiger partial charge in [0, 0.05) is 25.7 Å². The predicted molar refractivity (Wildman–Crippen MR) is 409 cm³/mol. The van der Waals surface area contributed by atoms with Crippen LogP contribution in [0.1, 0.15) is 349 Å². The first-order valence-electron chi connectivity index (χ1n) is 39.8. The molecule has 0 spiro atoms. The maximum absolute atomic E-state index is 13.1. The summed E-state index contributed by atoms with van der Waals surface area (Å²) in [6.07, 6.45) is 75.7. The Bertz CT molecular complexity index is 2230. The molecule has 580 valence electrons. The van der Waals surface area contributed by atoms with Gasteiger partial charge in [-0.25, -0.2) is 9.13 Å². The van der Waals surface area contributed by atoms with Crippen LogP contribution in [0.25, 0.3) is 0 Å². The molecule has 0 aliphatic rings. The summed E-state index contributed by atoms with van der Waals surface area (Å²) in [5.41, 5.74) is 0. The number of hydrogen-bond donors (Lipinski definition) is 3. The molecule has 0 amide bonds. The zero-order chi connectivity index (χ0) is 73.2. The van der Waals surface area contributed by atoms with Crippen molar-refractivity contribution >= 4 is 39.5 Å². The van der Waals surface area contributed by atoms with E-state index in [-0.39, 0.29) is 25.7 Å². The Morgan fingerprint density at radius 3 is 0.820 bits per heavy atom. The molecule has 100 heavy (non-hydrogen) atoms. The standard InChI is InChI=1S/C81H144O17P2/c1-5-9-13-17-21-25-29-33-36-37-40-44-48-52-56-60-64-68-81(86)98-76(71-91-78(83)65-61-57-53-49-45-41-32-28-24-20-16-12-8-4)73-95-99(87,88)93-69-75(82)70-94-100(89,90)96-74-77(97-80(85)67-63-59-55-51-47-43-39-35-31-27-23-19-15-11-7-3)72-92-79(84)66-62-58-54-50-46-42-38-34-30-26-22-18-14-10-6-2/h21-22,25-26,33-36,38-40,44,52,56,75-77,82H,5-20,23-24,27-32,37,41-43,45-51,53-55,57-74H2,1-4H3,(H,87,88)(H,89,90)/b25-21-,26-22-,36-33-,38-34-,39-35-,44-40-,56-52-/t75-,76+,77+/m0/s1. The molecule has 0 saturated carbocycles. The second kappa shape index (κ2) is 73.5. The van der Waals surface area contributed by atoms with Gasteiger partial charge in [-0.05, 0) is 122 Å². The van der Waals surface area contributed by atoms with Crippen LogP contribution in [-0.2, 0) is 65.4 Å². The lowest BCUT2D eigenvalue weighted by molar-refractivity contribution is -0.161. The van der Waals surface area contributed by atoms with Gasteiger partial charge in [0.2, 0.25) is 0 Å². The number of rotatable bonds is 75. The Morgan fingerprint density at radius 1 is 0.280 bits per heavy atom. The minimum atomic E-state index is -4.99. The van der Waals surface area contributed by atoms with Crippen molar-refractivity contribution in [3.8, 4) is 0 Å². The zero-order valence-corrected chi connectivity index (χ0v) is 65.2. The number of esters is 4. The molecule has 5 atom stereocenters. The summed E-state index contributed by atoms with van der Waals surface area (Å²) in [5.74, 6) is -2.24. The number of aliphatic hydroxyl groups is 1. The van der Waals surface area contributed by atoms with Crippen molar-refractivity contribution in [2.75, 3.05) is 39.6 Å². The minimum Gasteiger partial charge on any atom is -0.462 e. The van der Waals surface area contributed by atoms with Crippen molar-refractivity contribution in [1.82, 2.24) is 0 Å². The van der Waals surface area contributed by atoms with Crippen LogP contribution >= 0.6 is 15.6 Å². The number of hydrogen-bond acceptors (Lipinski definition) is 15. The normalized spacial score (nSPS) is 14.3. The van der Waals surface area contributed by atoms with E-state index in [0.29, 0.717) is 32.1 Å². The van der Waals surface area contributed by atoms with Crippen LogP contribution in [0.15, 0.2) is 85.1 Å². The quantitative estimate of drug-likeness (QED) is 0.0169. The second-order valence-electron chi connectivity index (χ2n) is 26.7. The van der Waals surface area contributed by atoms with Crippen LogP contribution in [0.4, 0.5) is 0 Å². The van der Waals surface area contributed by atoms with Gasteiger partial charge in [-0.3, -0.25) is 37.3 Å². The first-order chi connectivity index (χ1) is 48.7. The molecule has 0 aromatic carbocycles. The van der Waals surface area contributed by atoms with Crippen LogP contribution in [0, 0.1) is 0 Å². The van der Waals surface area contributed by atoms with E-state index in [2.05, 4.69) is 101 Å². The molecular weight excluding hydrogens is 1310 g/mol. The highest BCUT2D eigenvalue weighted by Crippen LogP contribution is 2.45. The van der Waals surface area contributed by atoms with Crippen molar-refractivity contribution in [2.24, 2.45) is 0 Å². The summed E-state index contributed by atoms with van der Waals surface area (Å²) in [5, 5.41) is 10.6. The highest BCUT2D eigenvalue weighted by atomic mass is 31.2. The zero-order valence-electron chi connectivity index (χ0n) is 63.4. The van der Waals surface area contributed by atoms with Gasteiger partial charge < -0.3 is 33.8 Å². The molecule has 0 radical (unpaired) electrons. The van der Waals surface area contributed by atoms with Crippen molar-refractivity contribution in [1.29, 1.82) is 0 Å². The van der Waals surface area contributed by atoms with E-state index in [9.17, 15) is 43.2 Å². The van der Waals surface area contributed by atoms with Crippen molar-refractivity contribution in [3.05, 3.63) is 85.1 Å². The van der Waals surface area contributed by atoms with Gasteiger partial charge in [-0.15, -0.1) is 0 Å². The molecule has 3 N–H and O–H groups in total. The van der Waals surface area contributed by atoms with Crippen molar-refractivity contribution in [3.63, 3.8) is 0 Å². The molecule has 17 nitrogen and oxygen atoms in total. The number of carbonyl (C=O) groups is 4. The molecule has 0 rings (SSSR count). The first-order valence-corrected chi connectivity index (χ1v) is 42.8. The maximum atomic E-state index is 13.1. The van der Waals surface area contributed by atoms with E-state index < -0.39 is 97.5 Å². The Balaban J connectivity index is 5.40. The van der Waals surface area contributed by atoms with E-state index in [1.807, 2.05) is 12.2 Å². The Morgan fingerprint density at radius 2 is 0.500 bits per heavy atom. The van der Waals surface area contributed by atoms with Gasteiger partial charge in [0.1, 0.15) is 19.3 Å². The second-order valence-corrected chi connectivity index (χ2v) is 29.6. The van der Waals surface area contributed by atoms with Gasteiger partial charge in [0.25, 0.3) is 0 Å². The largest absolute Gasteiger partial charge is 0.472 e. The average Bonchev–Trinajstić information content (AvgIpc) is 1.13. The smallest absolute Gasteiger partial charge is 0.462 e. The van der Waals surface area contributed by atoms with E-state index in [4.69, 9.17) is 37.0 Å². The van der Waals surface area contributed by atoms with Crippen LogP contribution < -0.4 is 0 Å². The molecule has 0 aliphatic heterocycles. The summed E-state index contributed by atoms with van der Waals surface area (Å²) < 4.78 is 68.5. The number of allylic oxidation sites excluding steroid dienone is 14. The van der Waals surface area contributed by atoms with Crippen molar-refractivity contribution < 1.29 is 80.2 Å². The number of phosphoric ester groups is 2. The monoisotopic (exact) mass is 1450 g/mol. The summed E-state index contributed by atoms with van der Waals surface area (Å²) in [6, 6.07) is 0. The lowest BCUT2D eigenvalue weighted by Gasteiger charge is -2.21. The average molecular weight is 1450 g/mol. The molecule has 0 aromatic heterocycles. The molecule has 0 fully saturated rings. The fourth-order valence-electron chi connectivity index (χ4n) is 10.7. The molecular formula is C81H144O17P2. The van der Waals surface area contributed by atoms with E-state index in [0.717, 1.165) is 128 Å². The van der Waals surface area contributed by atoms with Crippen molar-refractivity contribution in [2.45, 2.75) is 367 Å². The summed E-state index contributed by atoms with van der Waals surface area (Å²) in [4.78, 5) is 72.9. The number of carbonyl (C=O) groups excluding carboxylic acids is 4. The minimum absolute atomic E-state index is 0.0218. The Kier molecular flexibility index (Phi) is 70.8. The highest BCUT2D eigenvalue weighted by molar-refractivity contribution is 7.47. The Labute approximate surface area is 608 Å². The van der Waals surface area contributed by atoms with Crippen LogP contribution in [0.5, 0.6) is 0 Å². The van der Waals surface area contributed by atoms with Gasteiger partial charge in [0.15, 0.2) is 12.2 Å².